The summed E-state index contributed by atoms with van der Waals surface area (Å²) >= 11 is 3.29. The van der Waals surface area contributed by atoms with Crippen molar-refractivity contribution in [2.24, 2.45) is 0 Å². The van der Waals surface area contributed by atoms with Gasteiger partial charge in [-0.15, -0.1) is 0 Å². The van der Waals surface area contributed by atoms with Gasteiger partial charge in [-0.1, -0.05) is 28.1 Å². The predicted octanol–water partition coefficient (Wildman–Crippen LogP) is 5.45. The van der Waals surface area contributed by atoms with Gasteiger partial charge in [0.2, 0.25) is 0 Å². The standard InChI is InChI=1S/C22H16BrF3N4O3/c1-32-14-7-8-15(18(9-14)33-2)28-21(31)17-11-20-27-16(12-3-5-13(23)6-4-12)10-19(22(24,25)26)30(20)29-17/h3-11H,1-2H3,(H,28,31). The number of nitrogens with one attached hydrogen (secondary N) is 1. The lowest BCUT2D eigenvalue weighted by Gasteiger charge is -2.11. The second-order valence-corrected chi connectivity index (χ2v) is 7.77. The van der Waals surface area contributed by atoms with Crippen molar-refractivity contribution in [3.8, 4) is 22.8 Å². The maximum Gasteiger partial charge on any atom is 0.433 e. The molecule has 0 spiro atoms. The van der Waals surface area contributed by atoms with Crippen molar-refractivity contribution in [1.82, 2.24) is 14.6 Å². The SMILES string of the molecule is COc1ccc(NC(=O)c2cc3nc(-c4ccc(Br)cc4)cc(C(F)(F)F)n3n2)c(OC)c1. The van der Waals surface area contributed by atoms with Crippen LogP contribution in [0.4, 0.5) is 18.9 Å². The number of fused-ring (bicyclic) bond motifs is 1. The van der Waals surface area contributed by atoms with Crippen molar-refractivity contribution in [2.75, 3.05) is 19.5 Å². The van der Waals surface area contributed by atoms with E-state index in [0.717, 1.165) is 10.5 Å². The molecule has 7 nitrogen and oxygen atoms in total. The number of halogens is 4. The molecule has 0 fully saturated rings. The number of nitrogens with zero attached hydrogens (tertiary/aromatic N) is 3. The van der Waals surface area contributed by atoms with E-state index in [4.69, 9.17) is 9.47 Å². The van der Waals surface area contributed by atoms with Crippen LogP contribution < -0.4 is 14.8 Å². The zero-order chi connectivity index (χ0) is 23.8. The van der Waals surface area contributed by atoms with E-state index in [9.17, 15) is 18.0 Å². The molecular weight excluding hydrogens is 505 g/mol. The predicted molar refractivity (Wildman–Crippen MR) is 119 cm³/mol. The quantitative estimate of drug-likeness (QED) is 0.378. The van der Waals surface area contributed by atoms with Crippen LogP contribution in [0.5, 0.6) is 11.5 Å². The van der Waals surface area contributed by atoms with Crippen LogP contribution in [0.3, 0.4) is 0 Å². The first-order valence-electron chi connectivity index (χ1n) is 9.47. The Balaban J connectivity index is 1.75. The summed E-state index contributed by atoms with van der Waals surface area (Å²) in [4.78, 5) is 17.1. The highest BCUT2D eigenvalue weighted by Gasteiger charge is 2.35. The summed E-state index contributed by atoms with van der Waals surface area (Å²) in [7, 11) is 2.90. The average molecular weight is 521 g/mol. The van der Waals surface area contributed by atoms with Crippen molar-refractivity contribution in [3.05, 3.63) is 70.5 Å². The van der Waals surface area contributed by atoms with Gasteiger partial charge in [-0.05, 0) is 30.3 Å². The number of alkyl halides is 3. The lowest BCUT2D eigenvalue weighted by Crippen LogP contribution is -2.16. The smallest absolute Gasteiger partial charge is 0.433 e. The zero-order valence-electron chi connectivity index (χ0n) is 17.3. The number of hydrogen-bond donors (Lipinski definition) is 1. The molecule has 4 aromatic rings. The third kappa shape index (κ3) is 4.63. The molecule has 1 amide bonds. The summed E-state index contributed by atoms with van der Waals surface area (Å²) in [5.74, 6) is 0.109. The van der Waals surface area contributed by atoms with Gasteiger partial charge in [-0.2, -0.15) is 18.3 Å². The monoisotopic (exact) mass is 520 g/mol. The fourth-order valence-electron chi connectivity index (χ4n) is 3.14. The number of ether oxygens (including phenoxy) is 2. The van der Waals surface area contributed by atoms with E-state index in [1.807, 2.05) is 0 Å². The van der Waals surface area contributed by atoms with Gasteiger partial charge in [0, 0.05) is 22.2 Å². The molecule has 2 aromatic carbocycles. The average Bonchev–Trinajstić information content (AvgIpc) is 3.22. The number of rotatable bonds is 5. The molecule has 0 atom stereocenters. The number of benzene rings is 2. The van der Waals surface area contributed by atoms with Crippen molar-refractivity contribution in [1.29, 1.82) is 0 Å². The first-order valence-corrected chi connectivity index (χ1v) is 10.3. The number of hydrogen-bond acceptors (Lipinski definition) is 5. The molecule has 0 radical (unpaired) electrons. The molecule has 2 heterocycles. The Kier molecular flexibility index (Phi) is 5.98. The Morgan fingerprint density at radius 3 is 2.39 bits per heavy atom. The summed E-state index contributed by atoms with van der Waals surface area (Å²) in [6, 6.07) is 13.5. The molecule has 0 aliphatic carbocycles. The Hall–Kier alpha value is -3.60. The summed E-state index contributed by atoms with van der Waals surface area (Å²) in [6.07, 6.45) is -4.72. The molecule has 0 saturated heterocycles. The summed E-state index contributed by atoms with van der Waals surface area (Å²) in [5, 5.41) is 6.45. The molecule has 0 aliphatic rings. The van der Waals surface area contributed by atoms with Crippen LogP contribution in [0, 0.1) is 0 Å². The number of carbonyl (C=O) groups excluding carboxylic acids is 1. The molecule has 0 saturated carbocycles. The van der Waals surface area contributed by atoms with Crippen molar-refractivity contribution < 1.29 is 27.4 Å². The van der Waals surface area contributed by atoms with Gasteiger partial charge in [-0.3, -0.25) is 4.79 Å². The number of anilines is 1. The molecule has 170 valence electrons. The highest BCUT2D eigenvalue weighted by Crippen LogP contribution is 2.33. The van der Waals surface area contributed by atoms with Crippen LogP contribution >= 0.6 is 15.9 Å². The lowest BCUT2D eigenvalue weighted by molar-refractivity contribution is -0.142. The number of aromatic nitrogens is 3. The van der Waals surface area contributed by atoms with E-state index in [1.54, 1.807) is 42.5 Å². The molecule has 0 unspecified atom stereocenters. The van der Waals surface area contributed by atoms with Crippen LogP contribution in [-0.4, -0.2) is 34.7 Å². The second-order valence-electron chi connectivity index (χ2n) is 6.85. The minimum absolute atomic E-state index is 0.103. The number of amides is 1. The van der Waals surface area contributed by atoms with E-state index < -0.39 is 17.8 Å². The molecule has 0 aliphatic heterocycles. The summed E-state index contributed by atoms with van der Waals surface area (Å²) in [6.45, 7) is 0. The van der Waals surface area contributed by atoms with Gasteiger partial charge in [0.1, 0.15) is 11.5 Å². The largest absolute Gasteiger partial charge is 0.497 e. The molecule has 11 heteroatoms. The van der Waals surface area contributed by atoms with E-state index in [2.05, 4.69) is 31.3 Å². The minimum atomic E-state index is -4.72. The van der Waals surface area contributed by atoms with E-state index in [1.165, 1.54) is 20.3 Å². The van der Waals surface area contributed by atoms with Gasteiger partial charge in [0.25, 0.3) is 5.91 Å². The Bertz CT molecular complexity index is 1340. The van der Waals surface area contributed by atoms with Gasteiger partial charge < -0.3 is 14.8 Å². The number of methoxy groups -OCH3 is 2. The fourth-order valence-corrected chi connectivity index (χ4v) is 3.41. The second kappa shape index (κ2) is 8.74. The first kappa shape index (κ1) is 22.6. The van der Waals surface area contributed by atoms with E-state index in [-0.39, 0.29) is 17.0 Å². The van der Waals surface area contributed by atoms with Crippen LogP contribution in [0.25, 0.3) is 16.9 Å². The topological polar surface area (TPSA) is 77.8 Å². The van der Waals surface area contributed by atoms with E-state index >= 15 is 0 Å². The first-order chi connectivity index (χ1) is 15.7. The van der Waals surface area contributed by atoms with Gasteiger partial charge in [0.05, 0.1) is 25.6 Å². The summed E-state index contributed by atoms with van der Waals surface area (Å²) < 4.78 is 53.1. The van der Waals surface area contributed by atoms with Crippen LogP contribution in [0.1, 0.15) is 16.2 Å². The maximum atomic E-state index is 13.8. The van der Waals surface area contributed by atoms with Crippen LogP contribution in [-0.2, 0) is 6.18 Å². The molecule has 1 N–H and O–H groups in total. The molecule has 2 aromatic heterocycles. The maximum absolute atomic E-state index is 13.8. The van der Waals surface area contributed by atoms with Crippen molar-refractivity contribution in [3.63, 3.8) is 0 Å². The van der Waals surface area contributed by atoms with Crippen LogP contribution in [0.2, 0.25) is 0 Å². The van der Waals surface area contributed by atoms with Crippen LogP contribution in [0.15, 0.2) is 59.1 Å². The highest BCUT2D eigenvalue weighted by atomic mass is 79.9. The Morgan fingerprint density at radius 1 is 1.03 bits per heavy atom. The lowest BCUT2D eigenvalue weighted by atomic mass is 10.1. The Labute approximate surface area is 194 Å². The third-order valence-corrected chi connectivity index (χ3v) is 5.28. The summed E-state index contributed by atoms with van der Waals surface area (Å²) in [5.41, 5.74) is -0.507. The molecular formula is C22H16BrF3N4O3. The highest BCUT2D eigenvalue weighted by molar-refractivity contribution is 9.10. The number of carbonyl (C=O) groups is 1. The zero-order valence-corrected chi connectivity index (χ0v) is 18.9. The van der Waals surface area contributed by atoms with Gasteiger partial charge in [0.15, 0.2) is 17.0 Å². The van der Waals surface area contributed by atoms with E-state index in [0.29, 0.717) is 27.3 Å². The van der Waals surface area contributed by atoms with Crippen molar-refractivity contribution in [2.45, 2.75) is 6.18 Å². The van der Waals surface area contributed by atoms with Gasteiger partial charge >= 0.3 is 6.18 Å². The van der Waals surface area contributed by atoms with Gasteiger partial charge in [-0.25, -0.2) is 9.50 Å². The Morgan fingerprint density at radius 2 is 1.76 bits per heavy atom. The minimum Gasteiger partial charge on any atom is -0.497 e. The third-order valence-electron chi connectivity index (χ3n) is 4.75. The fraction of sp³-hybridized carbons (Fsp3) is 0.136. The molecule has 4 rings (SSSR count). The normalized spacial score (nSPS) is 11.5. The molecule has 33 heavy (non-hydrogen) atoms. The van der Waals surface area contributed by atoms with Crippen molar-refractivity contribution >= 4 is 33.2 Å². The molecule has 0 bridgehead atoms.